The van der Waals surface area contributed by atoms with Gasteiger partial charge in [-0.25, -0.2) is 8.42 Å². The van der Waals surface area contributed by atoms with Crippen molar-refractivity contribution in [3.8, 4) is 5.75 Å². The second kappa shape index (κ2) is 8.80. The van der Waals surface area contributed by atoms with E-state index in [1.54, 1.807) is 48.5 Å². The topological polar surface area (TPSA) is 75.7 Å². The molecule has 3 aromatic carbocycles. The van der Waals surface area contributed by atoms with E-state index in [-0.39, 0.29) is 23.4 Å². The van der Waals surface area contributed by atoms with E-state index in [1.807, 2.05) is 13.8 Å². The molecule has 0 fully saturated rings. The minimum Gasteiger partial charge on any atom is -0.476 e. The highest BCUT2D eigenvalue weighted by molar-refractivity contribution is 7.92. The van der Waals surface area contributed by atoms with Crippen LogP contribution in [-0.4, -0.2) is 27.0 Å². The molecule has 7 heteroatoms. The number of rotatable bonds is 5. The first kappa shape index (κ1) is 22.5. The lowest BCUT2D eigenvalue weighted by Crippen LogP contribution is -2.51. The highest BCUT2D eigenvalue weighted by Crippen LogP contribution is 2.37. The highest BCUT2D eigenvalue weighted by atomic mass is 32.2. The Morgan fingerprint density at radius 3 is 2.56 bits per heavy atom. The summed E-state index contributed by atoms with van der Waals surface area (Å²) in [6.07, 6.45) is 2.38. The van der Waals surface area contributed by atoms with Crippen LogP contribution in [0.2, 0.25) is 0 Å². The molecule has 3 aromatic rings. The molecule has 6 nitrogen and oxygen atoms in total. The van der Waals surface area contributed by atoms with Crippen LogP contribution in [0.5, 0.6) is 5.75 Å². The summed E-state index contributed by atoms with van der Waals surface area (Å²) in [5.41, 5.74) is 5.16. The molecule has 2 unspecified atom stereocenters. The maximum absolute atomic E-state index is 13.5. The van der Waals surface area contributed by atoms with Crippen molar-refractivity contribution in [3.05, 3.63) is 89.0 Å². The molecule has 0 aromatic heterocycles. The van der Waals surface area contributed by atoms with Crippen molar-refractivity contribution in [3.63, 3.8) is 0 Å². The number of amides is 1. The summed E-state index contributed by atoms with van der Waals surface area (Å²) in [6, 6.07) is 19.8. The van der Waals surface area contributed by atoms with Gasteiger partial charge in [0.15, 0.2) is 6.10 Å². The number of ether oxygens (including phenoxy) is 1. The lowest BCUT2D eigenvalue weighted by Gasteiger charge is -2.35. The molecule has 0 radical (unpaired) electrons. The van der Waals surface area contributed by atoms with Crippen LogP contribution in [0.4, 0.5) is 5.69 Å². The molecule has 5 rings (SSSR count). The van der Waals surface area contributed by atoms with E-state index >= 15 is 0 Å². The number of nitrogens with zero attached hydrogens (tertiary/aromatic N) is 1. The zero-order valence-electron chi connectivity index (χ0n) is 19.3. The molecular formula is C27H28N2O4S. The van der Waals surface area contributed by atoms with E-state index in [1.165, 1.54) is 21.9 Å². The molecule has 0 saturated carbocycles. The van der Waals surface area contributed by atoms with Crippen LogP contribution >= 0.6 is 0 Å². The molecule has 176 valence electrons. The van der Waals surface area contributed by atoms with E-state index in [2.05, 4.69) is 23.5 Å². The van der Waals surface area contributed by atoms with Crippen LogP contribution < -0.4 is 14.4 Å². The molecule has 2 atom stereocenters. The van der Waals surface area contributed by atoms with Crippen molar-refractivity contribution in [1.29, 1.82) is 0 Å². The number of para-hydroxylation sites is 2. The van der Waals surface area contributed by atoms with Gasteiger partial charge in [-0.2, -0.15) is 0 Å². The Kier molecular flexibility index (Phi) is 5.81. The van der Waals surface area contributed by atoms with E-state index < -0.39 is 16.1 Å². The summed E-state index contributed by atoms with van der Waals surface area (Å²) in [7, 11) is -3.87. The van der Waals surface area contributed by atoms with Gasteiger partial charge in [0.25, 0.3) is 15.9 Å². The molecule has 0 bridgehead atoms. The molecule has 2 aliphatic rings. The van der Waals surface area contributed by atoms with E-state index in [0.29, 0.717) is 11.4 Å². The van der Waals surface area contributed by atoms with Gasteiger partial charge in [-0.3, -0.25) is 9.10 Å². The van der Waals surface area contributed by atoms with Crippen molar-refractivity contribution < 1.29 is 17.9 Å². The highest BCUT2D eigenvalue weighted by Gasteiger charge is 2.37. The summed E-state index contributed by atoms with van der Waals surface area (Å²) in [4.78, 5) is 13.4. The van der Waals surface area contributed by atoms with E-state index in [4.69, 9.17) is 4.74 Å². The van der Waals surface area contributed by atoms with Crippen LogP contribution in [0.15, 0.2) is 71.6 Å². The van der Waals surface area contributed by atoms with E-state index in [0.717, 1.165) is 24.0 Å². The minimum absolute atomic E-state index is 0.101. The van der Waals surface area contributed by atoms with Crippen molar-refractivity contribution in [2.45, 2.75) is 50.2 Å². The first-order valence-corrected chi connectivity index (χ1v) is 13.0. The number of nitrogens with one attached hydrogen (secondary N) is 1. The van der Waals surface area contributed by atoms with Gasteiger partial charge in [-0.15, -0.1) is 0 Å². The first-order chi connectivity index (χ1) is 16.3. The van der Waals surface area contributed by atoms with Gasteiger partial charge in [0.2, 0.25) is 0 Å². The van der Waals surface area contributed by atoms with Gasteiger partial charge in [-0.1, -0.05) is 48.0 Å². The third-order valence-electron chi connectivity index (χ3n) is 6.62. The summed E-state index contributed by atoms with van der Waals surface area (Å²) in [6.45, 7) is 3.74. The molecule has 34 heavy (non-hydrogen) atoms. The average molecular weight is 477 g/mol. The fourth-order valence-corrected chi connectivity index (χ4v) is 6.13. The Balaban J connectivity index is 1.40. The molecule has 1 amide bonds. The predicted octanol–water partition coefficient (Wildman–Crippen LogP) is 4.32. The predicted molar refractivity (Wildman–Crippen MR) is 132 cm³/mol. The molecule has 0 spiro atoms. The Morgan fingerprint density at radius 2 is 1.76 bits per heavy atom. The van der Waals surface area contributed by atoms with Crippen molar-refractivity contribution in [2.24, 2.45) is 0 Å². The number of benzene rings is 3. The number of fused-ring (bicyclic) bond motifs is 2. The lowest BCUT2D eigenvalue weighted by atomic mass is 10.0. The number of anilines is 1. The largest absolute Gasteiger partial charge is 0.476 e. The Bertz CT molecular complexity index is 1330. The fraction of sp³-hybridized carbons (Fsp3) is 0.296. The Morgan fingerprint density at radius 1 is 1.03 bits per heavy atom. The molecule has 1 aliphatic heterocycles. The number of hydrogen-bond donors (Lipinski definition) is 1. The second-order valence-corrected chi connectivity index (χ2v) is 10.9. The SMILES string of the molecule is Cc1ccc(S(=O)(=O)N2CC(C(=O)NC(C)c3ccc4c(c3)CCC4)Oc3ccccc32)cc1. The average Bonchev–Trinajstić information content (AvgIpc) is 3.31. The van der Waals surface area contributed by atoms with Crippen LogP contribution in [0.3, 0.4) is 0 Å². The molecule has 1 N–H and O–H groups in total. The van der Waals surface area contributed by atoms with Gasteiger partial charge in [0.1, 0.15) is 5.75 Å². The van der Waals surface area contributed by atoms with Crippen molar-refractivity contribution >= 4 is 21.6 Å². The van der Waals surface area contributed by atoms with Crippen LogP contribution in [0.25, 0.3) is 0 Å². The monoisotopic (exact) mass is 476 g/mol. The zero-order chi connectivity index (χ0) is 23.9. The standard InChI is InChI=1S/C27H28N2O4S/c1-18-10-14-23(15-11-18)34(31,32)29-17-26(33-25-9-4-3-8-24(25)29)27(30)28-19(2)21-13-12-20-6-5-7-22(20)16-21/h3-4,8-16,19,26H,5-7,17H2,1-2H3,(H,28,30). The Hall–Kier alpha value is -3.32. The van der Waals surface area contributed by atoms with Gasteiger partial charge < -0.3 is 10.1 Å². The molecule has 1 heterocycles. The fourth-order valence-electron chi connectivity index (χ4n) is 4.65. The third-order valence-corrected chi connectivity index (χ3v) is 8.41. The van der Waals surface area contributed by atoms with Gasteiger partial charge >= 0.3 is 0 Å². The first-order valence-electron chi connectivity index (χ1n) is 11.6. The maximum atomic E-state index is 13.5. The quantitative estimate of drug-likeness (QED) is 0.595. The number of aryl methyl sites for hydroxylation is 3. The van der Waals surface area contributed by atoms with Gasteiger partial charge in [0, 0.05) is 0 Å². The number of carbonyl (C=O) groups excluding carboxylic acids is 1. The third kappa shape index (κ3) is 4.16. The molecular weight excluding hydrogens is 448 g/mol. The zero-order valence-corrected chi connectivity index (χ0v) is 20.1. The molecule has 0 saturated heterocycles. The number of hydrogen-bond acceptors (Lipinski definition) is 4. The van der Waals surface area contributed by atoms with Gasteiger partial charge in [0.05, 0.1) is 23.2 Å². The van der Waals surface area contributed by atoms with Crippen LogP contribution in [-0.2, 0) is 27.7 Å². The maximum Gasteiger partial charge on any atom is 0.264 e. The van der Waals surface area contributed by atoms with Crippen LogP contribution in [0, 0.1) is 6.92 Å². The van der Waals surface area contributed by atoms with Crippen LogP contribution in [0.1, 0.15) is 41.6 Å². The summed E-state index contributed by atoms with van der Waals surface area (Å²) in [5, 5.41) is 3.02. The summed E-state index contributed by atoms with van der Waals surface area (Å²) < 4.78 is 34.3. The normalized spacial score (nSPS) is 17.9. The summed E-state index contributed by atoms with van der Waals surface area (Å²) in [5.74, 6) is 0.0291. The smallest absolute Gasteiger partial charge is 0.264 e. The lowest BCUT2D eigenvalue weighted by molar-refractivity contribution is -0.128. The van der Waals surface area contributed by atoms with Crippen molar-refractivity contribution in [1.82, 2.24) is 5.32 Å². The minimum atomic E-state index is -3.87. The number of carbonyl (C=O) groups is 1. The van der Waals surface area contributed by atoms with Gasteiger partial charge in [-0.05, 0) is 74.1 Å². The number of sulfonamides is 1. The Labute approximate surface area is 200 Å². The van der Waals surface area contributed by atoms with Crippen molar-refractivity contribution in [2.75, 3.05) is 10.8 Å². The summed E-state index contributed by atoms with van der Waals surface area (Å²) >= 11 is 0. The second-order valence-electron chi connectivity index (χ2n) is 9.04. The molecule has 1 aliphatic carbocycles. The van der Waals surface area contributed by atoms with E-state index in [9.17, 15) is 13.2 Å².